The van der Waals surface area contributed by atoms with Gasteiger partial charge in [0.2, 0.25) is 0 Å². The Morgan fingerprint density at radius 3 is 2.19 bits per heavy atom. The van der Waals surface area contributed by atoms with Crippen LogP contribution in [0.25, 0.3) is 0 Å². The molecule has 2 aliphatic heterocycles. The number of hydrogen-bond acceptors (Lipinski definition) is 4. The Morgan fingerprint density at radius 2 is 1.52 bits per heavy atom. The zero-order valence-corrected chi connectivity index (χ0v) is 12.6. The fraction of sp³-hybridized carbons (Fsp3) is 0.647. The number of fused-ring (bicyclic) bond motifs is 1. The average Bonchev–Trinajstić information content (AvgIpc) is 2.96. The molecule has 0 unspecified atom stereocenters. The van der Waals surface area contributed by atoms with Crippen LogP contribution in [0.15, 0.2) is 12.1 Å². The lowest BCUT2D eigenvalue weighted by Crippen LogP contribution is -2.39. The van der Waals surface area contributed by atoms with Crippen molar-refractivity contribution in [2.45, 2.75) is 38.5 Å². The molecule has 4 rings (SSSR count). The number of rotatable bonds is 1. The Kier molecular flexibility index (Phi) is 3.12. The molecule has 4 nitrogen and oxygen atoms in total. The first kappa shape index (κ1) is 13.1. The molecule has 2 fully saturated rings. The second kappa shape index (κ2) is 5.00. The maximum Gasteiger partial charge on any atom is 0.163 e. The van der Waals surface area contributed by atoms with Gasteiger partial charge in [-0.05, 0) is 31.1 Å². The van der Waals surface area contributed by atoms with Crippen LogP contribution in [0.5, 0.6) is 11.5 Å². The summed E-state index contributed by atoms with van der Waals surface area (Å²) in [7, 11) is 0. The van der Waals surface area contributed by atoms with E-state index in [0.717, 1.165) is 36.0 Å². The van der Waals surface area contributed by atoms with Gasteiger partial charge in [0, 0.05) is 25.2 Å². The van der Waals surface area contributed by atoms with Gasteiger partial charge in [-0.3, -0.25) is 0 Å². The second-order valence-electron chi connectivity index (χ2n) is 6.75. The quantitative estimate of drug-likeness (QED) is 0.806. The van der Waals surface area contributed by atoms with Gasteiger partial charge in [-0.15, -0.1) is 0 Å². The van der Waals surface area contributed by atoms with E-state index >= 15 is 0 Å². The molecule has 3 aliphatic rings. The first-order valence-electron chi connectivity index (χ1n) is 8.20. The molecule has 1 aliphatic carbocycles. The van der Waals surface area contributed by atoms with Crippen LogP contribution in [-0.2, 0) is 0 Å². The van der Waals surface area contributed by atoms with E-state index in [4.69, 9.17) is 15.2 Å². The molecule has 114 valence electrons. The monoisotopic (exact) mass is 288 g/mol. The van der Waals surface area contributed by atoms with Crippen molar-refractivity contribution in [2.24, 2.45) is 5.41 Å². The third-order valence-corrected chi connectivity index (χ3v) is 5.52. The summed E-state index contributed by atoms with van der Waals surface area (Å²) in [5.41, 5.74) is 8.81. The Balaban J connectivity index is 1.54. The lowest BCUT2D eigenvalue weighted by atomic mass is 9.77. The summed E-state index contributed by atoms with van der Waals surface area (Å²) < 4.78 is 11.3. The third-order valence-electron chi connectivity index (χ3n) is 5.52. The molecule has 2 heterocycles. The first-order chi connectivity index (χ1) is 10.3. The highest BCUT2D eigenvalue weighted by atomic mass is 16.6. The number of nitrogen functional groups attached to an aromatic ring is 1. The highest BCUT2D eigenvalue weighted by Gasteiger charge is 2.37. The van der Waals surface area contributed by atoms with E-state index in [9.17, 15) is 0 Å². The highest BCUT2D eigenvalue weighted by molar-refractivity contribution is 5.73. The highest BCUT2D eigenvalue weighted by Crippen LogP contribution is 2.48. The Labute approximate surface area is 126 Å². The van der Waals surface area contributed by atoms with E-state index in [1.165, 1.54) is 38.5 Å². The third kappa shape index (κ3) is 2.30. The van der Waals surface area contributed by atoms with Crippen molar-refractivity contribution < 1.29 is 9.47 Å². The van der Waals surface area contributed by atoms with E-state index < -0.39 is 0 Å². The molecular formula is C17H24N2O2. The summed E-state index contributed by atoms with van der Waals surface area (Å²) in [6.07, 6.45) is 8.31. The van der Waals surface area contributed by atoms with Crippen LogP contribution < -0.4 is 20.1 Å². The van der Waals surface area contributed by atoms with Crippen LogP contribution in [0.4, 0.5) is 11.4 Å². The Hall–Kier alpha value is -1.58. The second-order valence-corrected chi connectivity index (χ2v) is 6.75. The van der Waals surface area contributed by atoms with Gasteiger partial charge in [-0.1, -0.05) is 12.8 Å². The molecular weight excluding hydrogens is 264 g/mol. The minimum absolute atomic E-state index is 0.609. The van der Waals surface area contributed by atoms with E-state index in [1.54, 1.807) is 0 Å². The van der Waals surface area contributed by atoms with Gasteiger partial charge in [-0.25, -0.2) is 0 Å². The van der Waals surface area contributed by atoms with Crippen molar-refractivity contribution in [3.05, 3.63) is 12.1 Å². The van der Waals surface area contributed by atoms with Gasteiger partial charge >= 0.3 is 0 Å². The number of hydrogen-bond donors (Lipinski definition) is 1. The summed E-state index contributed by atoms with van der Waals surface area (Å²) in [4.78, 5) is 2.43. The van der Waals surface area contributed by atoms with Crippen LogP contribution >= 0.6 is 0 Å². The van der Waals surface area contributed by atoms with Crippen LogP contribution in [-0.4, -0.2) is 26.3 Å². The maximum atomic E-state index is 6.24. The average molecular weight is 288 g/mol. The largest absolute Gasteiger partial charge is 0.486 e. The maximum absolute atomic E-state index is 6.24. The molecule has 4 heteroatoms. The van der Waals surface area contributed by atoms with Crippen molar-refractivity contribution >= 4 is 11.4 Å². The lowest BCUT2D eigenvalue weighted by molar-refractivity contribution is 0.171. The standard InChI is InChI=1S/C17H24N2O2/c18-13-11-15-16(21-10-9-20-15)12-14(13)19-7-5-17(6-8-19)3-1-2-4-17/h11-12H,1-10,18H2. The molecule has 0 amide bonds. The normalized spacial score (nSPS) is 23.5. The van der Waals surface area contributed by atoms with Gasteiger partial charge < -0.3 is 20.1 Å². The summed E-state index contributed by atoms with van der Waals surface area (Å²) in [5.74, 6) is 1.62. The molecule has 0 radical (unpaired) electrons. The molecule has 1 saturated heterocycles. The van der Waals surface area contributed by atoms with Crippen LogP contribution in [0.3, 0.4) is 0 Å². The number of ether oxygens (including phenoxy) is 2. The number of nitrogens with zero attached hydrogens (tertiary/aromatic N) is 1. The summed E-state index contributed by atoms with van der Waals surface area (Å²) in [6.45, 7) is 3.46. The molecule has 2 N–H and O–H groups in total. The summed E-state index contributed by atoms with van der Waals surface area (Å²) >= 11 is 0. The molecule has 0 atom stereocenters. The van der Waals surface area contributed by atoms with Gasteiger partial charge in [0.05, 0.1) is 11.4 Å². The van der Waals surface area contributed by atoms with E-state index in [0.29, 0.717) is 18.6 Å². The molecule has 1 saturated carbocycles. The van der Waals surface area contributed by atoms with Crippen molar-refractivity contribution in [3.63, 3.8) is 0 Å². The number of piperidine rings is 1. The summed E-state index contributed by atoms with van der Waals surface area (Å²) in [5, 5.41) is 0. The molecule has 21 heavy (non-hydrogen) atoms. The van der Waals surface area contributed by atoms with E-state index in [2.05, 4.69) is 11.0 Å². The summed E-state index contributed by atoms with van der Waals surface area (Å²) in [6, 6.07) is 3.99. The molecule has 1 aromatic carbocycles. The fourth-order valence-electron chi connectivity index (χ4n) is 4.21. The van der Waals surface area contributed by atoms with Crippen molar-refractivity contribution in [2.75, 3.05) is 36.9 Å². The molecule has 1 aromatic rings. The van der Waals surface area contributed by atoms with Crippen molar-refractivity contribution in [3.8, 4) is 11.5 Å². The SMILES string of the molecule is Nc1cc2c(cc1N1CCC3(CCCC3)CC1)OCCO2. The van der Waals surface area contributed by atoms with Crippen molar-refractivity contribution in [1.29, 1.82) is 0 Å². The van der Waals surface area contributed by atoms with Gasteiger partial charge in [-0.2, -0.15) is 0 Å². The van der Waals surface area contributed by atoms with Crippen LogP contribution in [0, 0.1) is 5.41 Å². The Morgan fingerprint density at radius 1 is 0.905 bits per heavy atom. The van der Waals surface area contributed by atoms with Gasteiger partial charge in [0.15, 0.2) is 11.5 Å². The number of anilines is 2. The fourth-order valence-corrected chi connectivity index (χ4v) is 4.21. The number of benzene rings is 1. The van der Waals surface area contributed by atoms with Gasteiger partial charge in [0.1, 0.15) is 13.2 Å². The van der Waals surface area contributed by atoms with Crippen LogP contribution in [0.1, 0.15) is 38.5 Å². The van der Waals surface area contributed by atoms with Crippen molar-refractivity contribution in [1.82, 2.24) is 0 Å². The topological polar surface area (TPSA) is 47.7 Å². The smallest absolute Gasteiger partial charge is 0.163 e. The zero-order valence-electron chi connectivity index (χ0n) is 12.6. The van der Waals surface area contributed by atoms with Crippen LogP contribution in [0.2, 0.25) is 0 Å². The van der Waals surface area contributed by atoms with E-state index in [1.807, 2.05) is 6.07 Å². The predicted molar refractivity (Wildman–Crippen MR) is 84.2 cm³/mol. The predicted octanol–water partition coefficient (Wildman–Crippen LogP) is 3.20. The minimum atomic E-state index is 0.609. The van der Waals surface area contributed by atoms with E-state index in [-0.39, 0.29) is 0 Å². The minimum Gasteiger partial charge on any atom is -0.486 e. The number of nitrogens with two attached hydrogens (primary N) is 1. The lowest BCUT2D eigenvalue weighted by Gasteiger charge is -2.41. The van der Waals surface area contributed by atoms with Gasteiger partial charge in [0.25, 0.3) is 0 Å². The molecule has 0 aromatic heterocycles. The zero-order chi connectivity index (χ0) is 14.3. The Bertz CT molecular complexity index is 528. The molecule has 0 bridgehead atoms. The molecule has 1 spiro atoms. The first-order valence-corrected chi connectivity index (χ1v) is 8.20.